The van der Waals surface area contributed by atoms with E-state index in [0.717, 1.165) is 18.9 Å². The number of hydrogen-bond acceptors (Lipinski definition) is 6. The summed E-state index contributed by atoms with van der Waals surface area (Å²) in [6.07, 6.45) is 3.41. The van der Waals surface area contributed by atoms with Gasteiger partial charge >= 0.3 is 0 Å². The number of nitrogen functional groups attached to an aromatic ring is 2. The third kappa shape index (κ3) is 2.69. The molecule has 1 fully saturated rings. The lowest BCUT2D eigenvalue weighted by Crippen LogP contribution is -2.45. The largest absolute Gasteiger partial charge is 0.396 e. The minimum atomic E-state index is 0.149. The maximum Gasteiger partial charge on any atom is 0.146 e. The van der Waals surface area contributed by atoms with Gasteiger partial charge in [0, 0.05) is 19.2 Å². The number of rotatable bonds is 2. The first kappa shape index (κ1) is 14.9. The molecule has 2 aromatic rings. The monoisotopic (exact) mass is 322 g/mol. The van der Waals surface area contributed by atoms with Crippen molar-refractivity contribution in [3.8, 4) is 5.69 Å². The molecule has 1 aliphatic rings. The Morgan fingerprint density at radius 2 is 1.91 bits per heavy atom. The van der Waals surface area contributed by atoms with E-state index in [-0.39, 0.29) is 12.2 Å². The SMILES string of the molecule is C[C@H]1CN(c2cc(-n3ncc(Cl)c3N)c(N)cn2)C[C@H](C)O1. The number of hydrogen-bond donors (Lipinski definition) is 2. The summed E-state index contributed by atoms with van der Waals surface area (Å²) < 4.78 is 7.27. The summed E-state index contributed by atoms with van der Waals surface area (Å²) in [4.78, 5) is 6.59. The average molecular weight is 323 g/mol. The number of aromatic nitrogens is 3. The molecule has 0 bridgehead atoms. The number of anilines is 3. The second-order valence-corrected chi connectivity index (χ2v) is 5.96. The lowest BCUT2D eigenvalue weighted by molar-refractivity contribution is -0.00545. The molecule has 3 rings (SSSR count). The molecule has 2 aromatic heterocycles. The van der Waals surface area contributed by atoms with Crippen molar-refractivity contribution in [3.05, 3.63) is 23.5 Å². The molecule has 3 heterocycles. The second-order valence-electron chi connectivity index (χ2n) is 5.55. The van der Waals surface area contributed by atoms with Crippen LogP contribution in [0.2, 0.25) is 5.02 Å². The van der Waals surface area contributed by atoms with Gasteiger partial charge in [-0.1, -0.05) is 11.6 Å². The van der Waals surface area contributed by atoms with Crippen molar-refractivity contribution in [1.29, 1.82) is 0 Å². The van der Waals surface area contributed by atoms with E-state index >= 15 is 0 Å². The molecule has 22 heavy (non-hydrogen) atoms. The number of halogens is 1. The maximum absolute atomic E-state index is 6.02. The Bertz CT molecular complexity index is 678. The fourth-order valence-corrected chi connectivity index (χ4v) is 2.82. The first-order chi connectivity index (χ1) is 10.5. The van der Waals surface area contributed by atoms with Crippen LogP contribution in [0.15, 0.2) is 18.5 Å². The van der Waals surface area contributed by atoms with Crippen molar-refractivity contribution in [2.45, 2.75) is 26.1 Å². The van der Waals surface area contributed by atoms with Gasteiger partial charge in [-0.3, -0.25) is 0 Å². The van der Waals surface area contributed by atoms with Gasteiger partial charge in [0.05, 0.1) is 36.0 Å². The fraction of sp³-hybridized carbons (Fsp3) is 0.429. The predicted octanol–water partition coefficient (Wildman–Crippen LogP) is 1.70. The molecule has 2 atom stereocenters. The van der Waals surface area contributed by atoms with E-state index in [1.807, 2.05) is 19.9 Å². The van der Waals surface area contributed by atoms with Crippen LogP contribution in [0.5, 0.6) is 0 Å². The highest BCUT2D eigenvalue weighted by Crippen LogP contribution is 2.28. The van der Waals surface area contributed by atoms with Gasteiger partial charge in [0.15, 0.2) is 0 Å². The van der Waals surface area contributed by atoms with Crippen LogP contribution < -0.4 is 16.4 Å². The van der Waals surface area contributed by atoms with Crippen molar-refractivity contribution in [2.24, 2.45) is 0 Å². The first-order valence-electron chi connectivity index (χ1n) is 7.11. The number of pyridine rings is 1. The Hall–Kier alpha value is -1.99. The van der Waals surface area contributed by atoms with E-state index in [9.17, 15) is 0 Å². The summed E-state index contributed by atoms with van der Waals surface area (Å²) in [7, 11) is 0. The molecule has 118 valence electrons. The van der Waals surface area contributed by atoms with Gasteiger partial charge in [-0.05, 0) is 13.8 Å². The van der Waals surface area contributed by atoms with Crippen LogP contribution in [0.3, 0.4) is 0 Å². The van der Waals surface area contributed by atoms with Crippen molar-refractivity contribution in [1.82, 2.24) is 14.8 Å². The third-order valence-corrected chi connectivity index (χ3v) is 3.92. The van der Waals surface area contributed by atoms with Gasteiger partial charge in [0.2, 0.25) is 0 Å². The molecule has 0 aliphatic carbocycles. The summed E-state index contributed by atoms with van der Waals surface area (Å²) in [6.45, 7) is 5.64. The normalized spacial score (nSPS) is 22.0. The lowest BCUT2D eigenvalue weighted by Gasteiger charge is -2.36. The van der Waals surface area contributed by atoms with Gasteiger partial charge < -0.3 is 21.1 Å². The molecule has 0 amide bonds. The Morgan fingerprint density at radius 3 is 2.50 bits per heavy atom. The number of nitrogens with zero attached hydrogens (tertiary/aromatic N) is 4. The molecular formula is C14H19ClN6O. The van der Waals surface area contributed by atoms with Crippen molar-refractivity contribution >= 4 is 28.9 Å². The standard InChI is InChI=1S/C14H19ClN6O/c1-8-6-20(7-9(2)22-8)13-3-12(11(16)5-18-13)21-14(17)10(15)4-19-21/h3-5,8-9H,6-7,16-17H2,1-2H3/t8-,9-/m0/s1. The Kier molecular flexibility index (Phi) is 3.84. The zero-order valence-corrected chi connectivity index (χ0v) is 13.3. The Labute approximate surface area is 133 Å². The smallest absolute Gasteiger partial charge is 0.146 e. The summed E-state index contributed by atoms with van der Waals surface area (Å²) in [5.41, 5.74) is 13.1. The van der Waals surface area contributed by atoms with E-state index in [0.29, 0.717) is 22.2 Å². The summed E-state index contributed by atoms with van der Waals surface area (Å²) >= 11 is 5.97. The van der Waals surface area contributed by atoms with E-state index in [1.54, 1.807) is 6.20 Å². The maximum atomic E-state index is 6.02. The molecule has 0 saturated carbocycles. The average Bonchev–Trinajstić information content (AvgIpc) is 2.78. The second kappa shape index (κ2) is 5.66. The zero-order valence-electron chi connectivity index (χ0n) is 12.5. The van der Waals surface area contributed by atoms with Gasteiger partial charge in [-0.2, -0.15) is 5.10 Å². The first-order valence-corrected chi connectivity index (χ1v) is 7.48. The zero-order chi connectivity index (χ0) is 15.9. The van der Waals surface area contributed by atoms with E-state index < -0.39 is 0 Å². The van der Waals surface area contributed by atoms with Crippen LogP contribution >= 0.6 is 11.6 Å². The molecule has 4 N–H and O–H groups in total. The summed E-state index contributed by atoms with van der Waals surface area (Å²) in [5, 5.41) is 4.57. The molecular weight excluding hydrogens is 304 g/mol. The number of ether oxygens (including phenoxy) is 1. The predicted molar refractivity (Wildman–Crippen MR) is 87.4 cm³/mol. The highest BCUT2D eigenvalue weighted by Gasteiger charge is 2.24. The van der Waals surface area contributed by atoms with E-state index in [4.69, 9.17) is 27.8 Å². The summed E-state index contributed by atoms with van der Waals surface area (Å²) in [5.74, 6) is 1.17. The molecule has 7 nitrogen and oxygen atoms in total. The van der Waals surface area contributed by atoms with Crippen molar-refractivity contribution < 1.29 is 4.74 Å². The minimum Gasteiger partial charge on any atom is -0.396 e. The van der Waals surface area contributed by atoms with Crippen LogP contribution in [-0.2, 0) is 4.74 Å². The van der Waals surface area contributed by atoms with Crippen LogP contribution in [0.1, 0.15) is 13.8 Å². The van der Waals surface area contributed by atoms with Crippen LogP contribution in [0.25, 0.3) is 5.69 Å². The lowest BCUT2D eigenvalue weighted by atomic mass is 10.2. The van der Waals surface area contributed by atoms with Crippen molar-refractivity contribution in [3.63, 3.8) is 0 Å². The van der Waals surface area contributed by atoms with Gasteiger partial charge in [-0.25, -0.2) is 9.67 Å². The minimum absolute atomic E-state index is 0.149. The molecule has 0 radical (unpaired) electrons. The van der Waals surface area contributed by atoms with E-state index in [1.165, 1.54) is 10.9 Å². The molecule has 0 unspecified atom stereocenters. The summed E-state index contributed by atoms with van der Waals surface area (Å²) in [6, 6.07) is 1.87. The highest BCUT2D eigenvalue weighted by molar-refractivity contribution is 6.32. The van der Waals surface area contributed by atoms with Gasteiger partial charge in [0.1, 0.15) is 16.7 Å². The number of morpholine rings is 1. The number of nitrogens with two attached hydrogens (primary N) is 2. The molecule has 0 aromatic carbocycles. The van der Waals surface area contributed by atoms with Gasteiger partial charge in [-0.15, -0.1) is 0 Å². The molecule has 1 aliphatic heterocycles. The van der Waals surface area contributed by atoms with Gasteiger partial charge in [0.25, 0.3) is 0 Å². The molecule has 0 spiro atoms. The van der Waals surface area contributed by atoms with Crippen LogP contribution in [-0.4, -0.2) is 40.1 Å². The van der Waals surface area contributed by atoms with Crippen LogP contribution in [0.4, 0.5) is 17.3 Å². The Balaban J connectivity index is 1.98. The quantitative estimate of drug-likeness (QED) is 0.873. The topological polar surface area (TPSA) is 95.2 Å². The van der Waals surface area contributed by atoms with E-state index in [2.05, 4.69) is 15.0 Å². The van der Waals surface area contributed by atoms with Crippen LogP contribution in [0, 0.1) is 0 Å². The molecule has 8 heteroatoms. The molecule has 1 saturated heterocycles. The highest BCUT2D eigenvalue weighted by atomic mass is 35.5. The third-order valence-electron chi connectivity index (χ3n) is 3.63. The van der Waals surface area contributed by atoms with Crippen molar-refractivity contribution in [2.75, 3.05) is 29.5 Å². The fourth-order valence-electron chi connectivity index (χ4n) is 2.70. The Morgan fingerprint density at radius 1 is 1.23 bits per heavy atom.